The zero-order valence-electron chi connectivity index (χ0n) is 20.5. The van der Waals surface area contributed by atoms with Gasteiger partial charge in [-0.3, -0.25) is 4.79 Å². The molecule has 0 radical (unpaired) electrons. The first-order chi connectivity index (χ1) is 14.3. The summed E-state index contributed by atoms with van der Waals surface area (Å²) in [6.45, 7) is 18.8. The fourth-order valence-electron chi connectivity index (χ4n) is 4.10. The van der Waals surface area contributed by atoms with Crippen molar-refractivity contribution in [3.8, 4) is 17.2 Å². The molecule has 2 aromatic carbocycles. The van der Waals surface area contributed by atoms with Gasteiger partial charge in [-0.05, 0) is 62.3 Å². The average molecular weight is 424 g/mol. The second-order valence-corrected chi connectivity index (χ2v) is 10.9. The highest BCUT2D eigenvalue weighted by Gasteiger charge is 2.36. The molecule has 1 amide bonds. The lowest BCUT2D eigenvalue weighted by Gasteiger charge is -2.22. The van der Waals surface area contributed by atoms with Crippen LogP contribution in [0.25, 0.3) is 0 Å². The number of nitrogens with one attached hydrogen (secondary N) is 1. The third kappa shape index (κ3) is 5.23. The Balaban J connectivity index is 2.03. The van der Waals surface area contributed by atoms with Crippen LogP contribution in [0.5, 0.6) is 17.2 Å². The van der Waals surface area contributed by atoms with Gasteiger partial charge in [0, 0.05) is 24.0 Å². The summed E-state index contributed by atoms with van der Waals surface area (Å²) in [5.41, 5.74) is 4.77. The number of hydrogen-bond acceptors (Lipinski definition) is 3. The molecule has 3 rings (SSSR count). The molecule has 1 aliphatic rings. The van der Waals surface area contributed by atoms with Crippen molar-refractivity contribution in [3.05, 3.63) is 46.5 Å². The Kier molecular flexibility index (Phi) is 6.14. The molecule has 1 N–H and O–H groups in total. The van der Waals surface area contributed by atoms with Crippen LogP contribution in [-0.4, -0.2) is 11.5 Å². The maximum absolute atomic E-state index is 12.7. The quantitative estimate of drug-likeness (QED) is 0.548. The van der Waals surface area contributed by atoms with E-state index >= 15 is 0 Å². The molecule has 0 fully saturated rings. The summed E-state index contributed by atoms with van der Waals surface area (Å²) < 4.78 is 12.7. The molecular formula is C27H37NO3. The molecule has 31 heavy (non-hydrogen) atoms. The lowest BCUT2D eigenvalue weighted by Crippen LogP contribution is -2.24. The molecule has 168 valence electrons. The molecule has 4 heteroatoms. The van der Waals surface area contributed by atoms with Crippen LogP contribution in [0.3, 0.4) is 0 Å². The normalized spacial score (nSPS) is 14.9. The number of carbonyl (C=O) groups excluding carboxylic acids is 1. The van der Waals surface area contributed by atoms with E-state index in [-0.39, 0.29) is 16.9 Å². The third-order valence-electron chi connectivity index (χ3n) is 5.73. The second kappa shape index (κ2) is 8.22. The van der Waals surface area contributed by atoms with Gasteiger partial charge in [-0.25, -0.2) is 0 Å². The van der Waals surface area contributed by atoms with E-state index in [9.17, 15) is 4.79 Å². The number of hydrogen-bond donors (Lipinski definition) is 1. The number of ether oxygens (including phenoxy) is 2. The number of rotatable bonds is 5. The van der Waals surface area contributed by atoms with E-state index in [1.54, 1.807) is 0 Å². The molecule has 4 nitrogen and oxygen atoms in total. The fourth-order valence-corrected chi connectivity index (χ4v) is 4.10. The van der Waals surface area contributed by atoms with Crippen LogP contribution in [-0.2, 0) is 11.2 Å². The van der Waals surface area contributed by atoms with E-state index in [0.29, 0.717) is 18.1 Å². The van der Waals surface area contributed by atoms with Gasteiger partial charge < -0.3 is 14.8 Å². The standard InChI is InChI=1S/C27H37NO3/c1-16(2)19-10-12-20(13-11-19)30-24-18(4)23(28-22(29)15-26(5,6)7)17(3)21-14-27(8,9)31-25(21)24/h10-13,16H,14-15H2,1-9H3,(H,28,29). The fraction of sp³-hybridized carbons (Fsp3) is 0.519. The molecule has 0 aliphatic carbocycles. The molecular weight excluding hydrogens is 386 g/mol. The Morgan fingerprint density at radius 1 is 1.13 bits per heavy atom. The summed E-state index contributed by atoms with van der Waals surface area (Å²) in [7, 11) is 0. The molecule has 0 bridgehead atoms. The second-order valence-electron chi connectivity index (χ2n) is 10.9. The molecule has 0 unspecified atom stereocenters. The molecule has 0 atom stereocenters. The summed E-state index contributed by atoms with van der Waals surface area (Å²) >= 11 is 0. The van der Waals surface area contributed by atoms with Crippen molar-refractivity contribution in [2.45, 2.75) is 86.7 Å². The Morgan fingerprint density at radius 3 is 2.29 bits per heavy atom. The Bertz CT molecular complexity index is 979. The number of amides is 1. The van der Waals surface area contributed by atoms with E-state index in [0.717, 1.165) is 40.3 Å². The third-order valence-corrected chi connectivity index (χ3v) is 5.73. The van der Waals surface area contributed by atoms with Gasteiger partial charge in [-0.15, -0.1) is 0 Å². The van der Waals surface area contributed by atoms with Gasteiger partial charge in [0.05, 0.1) is 5.69 Å². The molecule has 2 aromatic rings. The smallest absolute Gasteiger partial charge is 0.224 e. The van der Waals surface area contributed by atoms with Gasteiger partial charge in [0.2, 0.25) is 5.91 Å². The Labute approximate surface area is 187 Å². The van der Waals surface area contributed by atoms with Crippen molar-refractivity contribution in [3.63, 3.8) is 0 Å². The summed E-state index contributed by atoms with van der Waals surface area (Å²) in [4.78, 5) is 12.7. The monoisotopic (exact) mass is 423 g/mol. The van der Waals surface area contributed by atoms with Crippen molar-refractivity contribution < 1.29 is 14.3 Å². The van der Waals surface area contributed by atoms with Gasteiger partial charge in [0.15, 0.2) is 11.5 Å². The first kappa shape index (κ1) is 23.2. The maximum Gasteiger partial charge on any atom is 0.224 e. The van der Waals surface area contributed by atoms with Crippen molar-refractivity contribution >= 4 is 11.6 Å². The maximum atomic E-state index is 12.7. The van der Waals surface area contributed by atoms with E-state index < -0.39 is 0 Å². The molecule has 0 spiro atoms. The van der Waals surface area contributed by atoms with Gasteiger partial charge in [-0.2, -0.15) is 0 Å². The van der Waals surface area contributed by atoms with Gasteiger partial charge >= 0.3 is 0 Å². The minimum Gasteiger partial charge on any atom is -0.483 e. The van der Waals surface area contributed by atoms with Crippen LogP contribution >= 0.6 is 0 Å². The molecule has 0 saturated carbocycles. The van der Waals surface area contributed by atoms with Crippen LogP contribution < -0.4 is 14.8 Å². The van der Waals surface area contributed by atoms with E-state index in [1.807, 2.05) is 19.1 Å². The van der Waals surface area contributed by atoms with Crippen molar-refractivity contribution in [1.82, 2.24) is 0 Å². The summed E-state index contributed by atoms with van der Waals surface area (Å²) in [6, 6.07) is 8.19. The molecule has 0 aromatic heterocycles. The zero-order chi connectivity index (χ0) is 23.1. The lowest BCUT2D eigenvalue weighted by molar-refractivity contribution is -0.117. The number of anilines is 1. The van der Waals surface area contributed by atoms with Gasteiger partial charge in [0.1, 0.15) is 11.4 Å². The van der Waals surface area contributed by atoms with Crippen LogP contribution in [0, 0.1) is 19.3 Å². The number of benzene rings is 2. The van der Waals surface area contributed by atoms with Crippen LogP contribution in [0.15, 0.2) is 24.3 Å². The van der Waals surface area contributed by atoms with Crippen LogP contribution in [0.2, 0.25) is 0 Å². The highest BCUT2D eigenvalue weighted by molar-refractivity contribution is 5.94. The SMILES string of the molecule is Cc1c2c(c(Oc3ccc(C(C)C)cc3)c(C)c1NC(=O)CC(C)(C)C)OC(C)(C)C2. The summed E-state index contributed by atoms with van der Waals surface area (Å²) in [5, 5.41) is 3.17. The lowest BCUT2D eigenvalue weighted by atomic mass is 9.91. The van der Waals surface area contributed by atoms with Crippen LogP contribution in [0.4, 0.5) is 5.69 Å². The highest BCUT2D eigenvalue weighted by Crippen LogP contribution is 2.50. The number of fused-ring (bicyclic) bond motifs is 1. The van der Waals surface area contributed by atoms with Gasteiger partial charge in [-0.1, -0.05) is 46.8 Å². The minimum atomic E-state index is -0.312. The highest BCUT2D eigenvalue weighted by atomic mass is 16.5. The van der Waals surface area contributed by atoms with E-state index in [1.165, 1.54) is 5.56 Å². The Hall–Kier alpha value is -2.49. The largest absolute Gasteiger partial charge is 0.483 e. The molecule has 1 heterocycles. The summed E-state index contributed by atoms with van der Waals surface area (Å²) in [5.74, 6) is 2.73. The Morgan fingerprint density at radius 2 is 1.74 bits per heavy atom. The number of carbonyl (C=O) groups is 1. The van der Waals surface area contributed by atoms with Crippen molar-refractivity contribution in [2.24, 2.45) is 5.41 Å². The molecule has 1 aliphatic heterocycles. The predicted octanol–water partition coefficient (Wildman–Crippen LogP) is 7.31. The van der Waals surface area contributed by atoms with Gasteiger partial charge in [0.25, 0.3) is 0 Å². The first-order valence-electron chi connectivity index (χ1n) is 11.2. The van der Waals surface area contributed by atoms with Crippen LogP contribution in [0.1, 0.15) is 83.1 Å². The minimum absolute atomic E-state index is 0.0176. The van der Waals surface area contributed by atoms with Crippen molar-refractivity contribution in [2.75, 3.05) is 5.32 Å². The topological polar surface area (TPSA) is 47.6 Å². The predicted molar refractivity (Wildman–Crippen MR) is 128 cm³/mol. The first-order valence-corrected chi connectivity index (χ1v) is 11.2. The average Bonchev–Trinajstić information content (AvgIpc) is 2.97. The zero-order valence-corrected chi connectivity index (χ0v) is 20.5. The van der Waals surface area contributed by atoms with E-state index in [4.69, 9.17) is 9.47 Å². The van der Waals surface area contributed by atoms with Crippen molar-refractivity contribution in [1.29, 1.82) is 0 Å². The summed E-state index contributed by atoms with van der Waals surface area (Å²) in [6.07, 6.45) is 1.23. The molecule has 0 saturated heterocycles. The van der Waals surface area contributed by atoms with E-state index in [2.05, 4.69) is 72.8 Å².